The molecule has 4 heteroatoms. The summed E-state index contributed by atoms with van der Waals surface area (Å²) in [6, 6.07) is 0.0229. The molecule has 4 nitrogen and oxygen atoms in total. The van der Waals surface area contributed by atoms with Crippen LogP contribution in [0.2, 0.25) is 0 Å². The molecule has 1 atom stereocenters. The molecule has 0 aromatic carbocycles. The van der Waals surface area contributed by atoms with E-state index in [1.807, 2.05) is 6.92 Å². The Bertz CT molecular complexity index is 284. The van der Waals surface area contributed by atoms with Crippen LogP contribution in [0.5, 0.6) is 0 Å². The van der Waals surface area contributed by atoms with Gasteiger partial charge in [-0.25, -0.2) is 0 Å². The van der Waals surface area contributed by atoms with Crippen LogP contribution in [0.25, 0.3) is 0 Å². The van der Waals surface area contributed by atoms with Crippen molar-refractivity contribution in [3.8, 4) is 0 Å². The van der Waals surface area contributed by atoms with E-state index < -0.39 is 0 Å². The Morgan fingerprint density at radius 2 is 2.07 bits per heavy atom. The Kier molecular flexibility index (Phi) is 2.67. The first-order chi connectivity index (χ1) is 7.11. The third-order valence-corrected chi connectivity index (χ3v) is 3.43. The monoisotopic (exact) mass is 210 g/mol. The molecule has 15 heavy (non-hydrogen) atoms. The molecule has 1 saturated carbocycles. The van der Waals surface area contributed by atoms with Gasteiger partial charge in [0.1, 0.15) is 6.04 Å². The van der Waals surface area contributed by atoms with Crippen molar-refractivity contribution in [1.82, 2.24) is 10.2 Å². The molecule has 1 heterocycles. The van der Waals surface area contributed by atoms with Crippen LogP contribution in [0, 0.1) is 5.92 Å². The number of amides is 2. The minimum Gasteiger partial charge on any atom is -0.343 e. The summed E-state index contributed by atoms with van der Waals surface area (Å²) in [4.78, 5) is 25.1. The summed E-state index contributed by atoms with van der Waals surface area (Å²) in [7, 11) is 0. The van der Waals surface area contributed by atoms with Gasteiger partial charge in [-0.1, -0.05) is 13.8 Å². The maximum absolute atomic E-state index is 12.0. The second-order valence-corrected chi connectivity index (χ2v) is 4.72. The largest absolute Gasteiger partial charge is 0.343 e. The molecule has 1 N–H and O–H groups in total. The Morgan fingerprint density at radius 3 is 2.60 bits per heavy atom. The Morgan fingerprint density at radius 1 is 1.40 bits per heavy atom. The van der Waals surface area contributed by atoms with Crippen LogP contribution in [-0.4, -0.2) is 35.3 Å². The minimum atomic E-state index is -0.290. The van der Waals surface area contributed by atoms with Crippen LogP contribution in [0.3, 0.4) is 0 Å². The predicted molar refractivity (Wildman–Crippen MR) is 56.1 cm³/mol. The molecule has 2 aliphatic rings. The molecule has 1 unspecified atom stereocenters. The van der Waals surface area contributed by atoms with Gasteiger partial charge >= 0.3 is 0 Å². The van der Waals surface area contributed by atoms with E-state index in [-0.39, 0.29) is 24.4 Å². The van der Waals surface area contributed by atoms with E-state index in [2.05, 4.69) is 12.2 Å². The van der Waals surface area contributed by atoms with Crippen molar-refractivity contribution < 1.29 is 9.59 Å². The normalized spacial score (nSPS) is 36.1. The highest BCUT2D eigenvalue weighted by atomic mass is 16.2. The lowest BCUT2D eigenvalue weighted by atomic mass is 9.80. The fourth-order valence-electron chi connectivity index (χ4n) is 2.43. The number of hydrogen-bond donors (Lipinski definition) is 1. The summed E-state index contributed by atoms with van der Waals surface area (Å²) in [6.07, 6.45) is 2.79. The van der Waals surface area contributed by atoms with Gasteiger partial charge in [0.2, 0.25) is 11.8 Å². The number of carbonyl (C=O) groups is 2. The Labute approximate surface area is 90.0 Å². The van der Waals surface area contributed by atoms with Gasteiger partial charge in [0.05, 0.1) is 6.54 Å². The predicted octanol–water partition coefficient (Wildman–Crippen LogP) is 0.522. The highest BCUT2D eigenvalue weighted by Gasteiger charge is 2.39. The van der Waals surface area contributed by atoms with Gasteiger partial charge in [0.15, 0.2) is 0 Å². The summed E-state index contributed by atoms with van der Waals surface area (Å²) in [5.74, 6) is 0.794. The number of nitrogens with zero attached hydrogens (tertiary/aromatic N) is 1. The van der Waals surface area contributed by atoms with Gasteiger partial charge in [0.25, 0.3) is 0 Å². The van der Waals surface area contributed by atoms with Crippen LogP contribution < -0.4 is 5.32 Å². The lowest BCUT2D eigenvalue weighted by Crippen LogP contribution is -2.62. The fraction of sp³-hybridized carbons (Fsp3) is 0.818. The second-order valence-electron chi connectivity index (χ2n) is 4.72. The summed E-state index contributed by atoms with van der Waals surface area (Å²) in [5, 5.41) is 2.73. The first-order valence-corrected chi connectivity index (χ1v) is 5.71. The highest BCUT2D eigenvalue weighted by Crippen LogP contribution is 2.32. The third kappa shape index (κ3) is 1.85. The first kappa shape index (κ1) is 10.5. The standard InChI is InChI=1S/C11H18N2O2/c1-3-9-11(15)13(6-10(14)12-9)8-4-7(2)5-8/h7-9H,3-6H2,1-2H3,(H,12,14). The highest BCUT2D eigenvalue weighted by molar-refractivity contribution is 5.95. The molecule has 1 aliphatic heterocycles. The smallest absolute Gasteiger partial charge is 0.245 e. The number of piperazine rings is 1. The lowest BCUT2D eigenvalue weighted by molar-refractivity contribution is -0.149. The SMILES string of the molecule is CCC1NC(=O)CN(C2CC(C)C2)C1=O. The molecular formula is C11H18N2O2. The van der Waals surface area contributed by atoms with Crippen LogP contribution in [0.1, 0.15) is 33.1 Å². The van der Waals surface area contributed by atoms with Crippen molar-refractivity contribution >= 4 is 11.8 Å². The zero-order chi connectivity index (χ0) is 11.0. The van der Waals surface area contributed by atoms with Crippen molar-refractivity contribution in [3.63, 3.8) is 0 Å². The summed E-state index contributed by atoms with van der Waals surface area (Å²) in [6.45, 7) is 4.37. The molecule has 1 saturated heterocycles. The number of carbonyl (C=O) groups excluding carboxylic acids is 2. The average molecular weight is 210 g/mol. The van der Waals surface area contributed by atoms with Crippen molar-refractivity contribution in [2.45, 2.75) is 45.2 Å². The van der Waals surface area contributed by atoms with Gasteiger partial charge in [-0.15, -0.1) is 0 Å². The molecule has 0 radical (unpaired) electrons. The van der Waals surface area contributed by atoms with E-state index >= 15 is 0 Å². The Hall–Kier alpha value is -1.06. The molecule has 84 valence electrons. The topological polar surface area (TPSA) is 49.4 Å². The van der Waals surface area contributed by atoms with Crippen LogP contribution in [0.15, 0.2) is 0 Å². The molecular weight excluding hydrogens is 192 g/mol. The minimum absolute atomic E-state index is 0.0130. The van der Waals surface area contributed by atoms with Crippen molar-refractivity contribution in [2.24, 2.45) is 5.92 Å². The molecule has 2 rings (SSSR count). The Balaban J connectivity index is 2.03. The van der Waals surface area contributed by atoms with Crippen LogP contribution in [-0.2, 0) is 9.59 Å². The molecule has 0 aromatic rings. The second kappa shape index (κ2) is 3.83. The number of nitrogens with one attached hydrogen (secondary N) is 1. The van der Waals surface area contributed by atoms with Gasteiger partial charge < -0.3 is 10.2 Å². The first-order valence-electron chi connectivity index (χ1n) is 5.71. The molecule has 1 aliphatic carbocycles. The molecule has 0 aromatic heterocycles. The van der Waals surface area contributed by atoms with Gasteiger partial charge in [-0.05, 0) is 25.2 Å². The maximum Gasteiger partial charge on any atom is 0.245 e. The van der Waals surface area contributed by atoms with E-state index in [1.165, 1.54) is 0 Å². The van der Waals surface area contributed by atoms with Gasteiger partial charge in [-0.2, -0.15) is 0 Å². The number of rotatable bonds is 2. The summed E-state index contributed by atoms with van der Waals surface area (Å²) < 4.78 is 0. The van der Waals surface area contributed by atoms with Gasteiger partial charge in [-0.3, -0.25) is 9.59 Å². The quantitative estimate of drug-likeness (QED) is 0.722. The molecule has 0 spiro atoms. The van der Waals surface area contributed by atoms with Crippen molar-refractivity contribution in [3.05, 3.63) is 0 Å². The number of hydrogen-bond acceptors (Lipinski definition) is 2. The zero-order valence-corrected chi connectivity index (χ0v) is 9.32. The molecule has 0 bridgehead atoms. The van der Waals surface area contributed by atoms with E-state index in [9.17, 15) is 9.59 Å². The summed E-state index contributed by atoms with van der Waals surface area (Å²) in [5.41, 5.74) is 0. The molecule has 2 fully saturated rings. The summed E-state index contributed by atoms with van der Waals surface area (Å²) >= 11 is 0. The third-order valence-electron chi connectivity index (χ3n) is 3.43. The van der Waals surface area contributed by atoms with E-state index in [1.54, 1.807) is 4.90 Å². The van der Waals surface area contributed by atoms with Crippen LogP contribution >= 0.6 is 0 Å². The molecule has 2 amide bonds. The van der Waals surface area contributed by atoms with E-state index in [0.29, 0.717) is 18.4 Å². The lowest BCUT2D eigenvalue weighted by Gasteiger charge is -2.44. The maximum atomic E-state index is 12.0. The fourth-order valence-corrected chi connectivity index (χ4v) is 2.43. The van der Waals surface area contributed by atoms with E-state index in [4.69, 9.17) is 0 Å². The van der Waals surface area contributed by atoms with Gasteiger partial charge in [0, 0.05) is 6.04 Å². The van der Waals surface area contributed by atoms with E-state index in [0.717, 1.165) is 12.8 Å². The average Bonchev–Trinajstić information content (AvgIpc) is 2.16. The van der Waals surface area contributed by atoms with Crippen molar-refractivity contribution in [2.75, 3.05) is 6.54 Å². The zero-order valence-electron chi connectivity index (χ0n) is 9.32. The van der Waals surface area contributed by atoms with Crippen LogP contribution in [0.4, 0.5) is 0 Å². The van der Waals surface area contributed by atoms with Crippen molar-refractivity contribution in [1.29, 1.82) is 0 Å².